The monoisotopic (exact) mass is 321 g/mol. The second-order valence-electron chi connectivity index (χ2n) is 5.65. The van der Waals surface area contributed by atoms with E-state index < -0.39 is 0 Å². The Morgan fingerprint density at radius 1 is 1.25 bits per heavy atom. The van der Waals surface area contributed by atoms with Crippen LogP contribution in [0.5, 0.6) is 0 Å². The van der Waals surface area contributed by atoms with Crippen LogP contribution >= 0.6 is 0 Å². The normalized spacial score (nSPS) is 14.7. The van der Waals surface area contributed by atoms with Gasteiger partial charge in [-0.3, -0.25) is 4.98 Å². The number of nitrogens with one attached hydrogen (secondary N) is 2. The summed E-state index contributed by atoms with van der Waals surface area (Å²) in [6.07, 6.45) is 12.1. The number of anilines is 2. The highest BCUT2D eigenvalue weighted by atomic mass is 16.2. The number of nitrogens with zero attached hydrogens (tertiary/aromatic N) is 3. The number of carbonyl (C=O) groups excluding carboxylic acids is 1. The maximum atomic E-state index is 12.0. The average Bonchev–Trinajstić information content (AvgIpc) is 2.63. The second-order valence-corrected chi connectivity index (χ2v) is 5.65. The van der Waals surface area contributed by atoms with Gasteiger partial charge < -0.3 is 15.5 Å². The van der Waals surface area contributed by atoms with Gasteiger partial charge >= 0.3 is 6.03 Å². The lowest BCUT2D eigenvalue weighted by Crippen LogP contribution is -2.46. The first-order valence-corrected chi connectivity index (χ1v) is 7.90. The minimum atomic E-state index is -0.196. The van der Waals surface area contributed by atoms with E-state index in [9.17, 15) is 4.79 Å². The number of hydrogen-bond donors (Lipinski definition) is 2. The summed E-state index contributed by atoms with van der Waals surface area (Å²) in [5.41, 5.74) is 1.47. The molecule has 0 bridgehead atoms. The highest BCUT2D eigenvalue weighted by molar-refractivity contribution is 5.89. The van der Waals surface area contributed by atoms with Crippen LogP contribution in [0.1, 0.15) is 18.4 Å². The minimum absolute atomic E-state index is 0.155. The van der Waals surface area contributed by atoms with E-state index in [0.29, 0.717) is 5.69 Å². The van der Waals surface area contributed by atoms with Gasteiger partial charge in [-0.15, -0.1) is 6.42 Å². The van der Waals surface area contributed by atoms with Gasteiger partial charge in [0.1, 0.15) is 5.82 Å². The van der Waals surface area contributed by atoms with Gasteiger partial charge in [-0.2, -0.15) is 0 Å². The lowest BCUT2D eigenvalue weighted by Gasteiger charge is -2.33. The van der Waals surface area contributed by atoms with E-state index in [1.807, 2.05) is 12.1 Å². The number of piperidine rings is 1. The molecule has 122 valence electrons. The summed E-state index contributed by atoms with van der Waals surface area (Å²) in [6.45, 7) is 1.69. The maximum Gasteiger partial charge on any atom is 0.319 e. The summed E-state index contributed by atoms with van der Waals surface area (Å²) in [7, 11) is 0. The lowest BCUT2D eigenvalue weighted by molar-refractivity contribution is 0.246. The van der Waals surface area contributed by atoms with Gasteiger partial charge in [0.25, 0.3) is 0 Å². The van der Waals surface area contributed by atoms with E-state index in [1.54, 1.807) is 30.7 Å². The highest BCUT2D eigenvalue weighted by Gasteiger charge is 2.21. The second kappa shape index (κ2) is 7.47. The quantitative estimate of drug-likeness (QED) is 0.851. The SMILES string of the molecule is C#Cc1ccc(N2CCC(NC(=O)Nc3cccnc3)CC2)nc1. The van der Waals surface area contributed by atoms with E-state index >= 15 is 0 Å². The molecule has 1 fully saturated rings. The molecule has 3 heterocycles. The maximum absolute atomic E-state index is 12.0. The molecule has 2 aromatic rings. The molecular formula is C18H19N5O. The number of carbonyl (C=O) groups is 1. The van der Waals surface area contributed by atoms with Crippen molar-refractivity contribution in [1.29, 1.82) is 0 Å². The summed E-state index contributed by atoms with van der Waals surface area (Å²) in [4.78, 5) is 22.6. The van der Waals surface area contributed by atoms with E-state index in [0.717, 1.165) is 37.3 Å². The molecule has 0 radical (unpaired) electrons. The topological polar surface area (TPSA) is 70.2 Å². The van der Waals surface area contributed by atoms with Crippen LogP contribution in [0.25, 0.3) is 0 Å². The van der Waals surface area contributed by atoms with Crippen LogP contribution in [0.2, 0.25) is 0 Å². The van der Waals surface area contributed by atoms with Gasteiger partial charge in [0, 0.05) is 37.1 Å². The molecule has 0 spiro atoms. The molecule has 3 rings (SSSR count). The number of amides is 2. The fraction of sp³-hybridized carbons (Fsp3) is 0.278. The number of urea groups is 1. The minimum Gasteiger partial charge on any atom is -0.356 e. The Hall–Kier alpha value is -3.07. The van der Waals surface area contributed by atoms with Crippen molar-refractivity contribution in [2.24, 2.45) is 0 Å². The Labute approximate surface area is 141 Å². The van der Waals surface area contributed by atoms with Gasteiger partial charge in [-0.25, -0.2) is 9.78 Å². The third kappa shape index (κ3) is 4.02. The van der Waals surface area contributed by atoms with Crippen LogP contribution in [-0.4, -0.2) is 35.1 Å². The van der Waals surface area contributed by atoms with Crippen molar-refractivity contribution >= 4 is 17.5 Å². The zero-order valence-electron chi connectivity index (χ0n) is 13.3. The largest absolute Gasteiger partial charge is 0.356 e. The Kier molecular flexibility index (Phi) is 4.92. The molecular weight excluding hydrogens is 302 g/mol. The molecule has 6 nitrogen and oxygen atoms in total. The molecule has 1 aliphatic heterocycles. The molecule has 0 unspecified atom stereocenters. The summed E-state index contributed by atoms with van der Waals surface area (Å²) in [5.74, 6) is 3.49. The predicted octanol–water partition coefficient (Wildman–Crippen LogP) is 2.25. The van der Waals surface area contributed by atoms with Crippen LogP contribution in [-0.2, 0) is 0 Å². The number of terminal acetylenes is 1. The van der Waals surface area contributed by atoms with Crippen molar-refractivity contribution in [3.63, 3.8) is 0 Å². The third-order valence-corrected chi connectivity index (χ3v) is 3.99. The van der Waals surface area contributed by atoms with Crippen LogP contribution in [0.3, 0.4) is 0 Å². The molecule has 1 saturated heterocycles. The van der Waals surface area contributed by atoms with E-state index in [-0.39, 0.29) is 12.1 Å². The fourth-order valence-electron chi connectivity index (χ4n) is 2.70. The first-order chi connectivity index (χ1) is 11.7. The van der Waals surface area contributed by atoms with Crippen LogP contribution in [0.15, 0.2) is 42.9 Å². The number of hydrogen-bond acceptors (Lipinski definition) is 4. The molecule has 24 heavy (non-hydrogen) atoms. The number of pyridine rings is 2. The standard InChI is InChI=1S/C18H19N5O/c1-2-14-5-6-17(20-12-14)23-10-7-15(8-11-23)21-18(24)22-16-4-3-9-19-13-16/h1,3-6,9,12-13,15H,7-8,10-11H2,(H2,21,22,24). The van der Waals surface area contributed by atoms with Crippen molar-refractivity contribution < 1.29 is 4.79 Å². The zero-order valence-corrected chi connectivity index (χ0v) is 13.3. The Morgan fingerprint density at radius 3 is 2.71 bits per heavy atom. The van der Waals surface area contributed by atoms with E-state index in [2.05, 4.69) is 31.4 Å². The molecule has 0 aliphatic carbocycles. The molecule has 2 N–H and O–H groups in total. The van der Waals surface area contributed by atoms with Crippen molar-refractivity contribution in [1.82, 2.24) is 15.3 Å². The predicted molar refractivity (Wildman–Crippen MR) is 93.8 cm³/mol. The summed E-state index contributed by atoms with van der Waals surface area (Å²) >= 11 is 0. The van der Waals surface area contributed by atoms with Gasteiger partial charge in [0.15, 0.2) is 0 Å². The first kappa shape index (κ1) is 15.8. The van der Waals surface area contributed by atoms with Crippen molar-refractivity contribution in [3.05, 3.63) is 48.4 Å². The van der Waals surface area contributed by atoms with E-state index in [1.165, 1.54) is 0 Å². The van der Waals surface area contributed by atoms with Crippen LogP contribution in [0.4, 0.5) is 16.3 Å². The van der Waals surface area contributed by atoms with Crippen molar-refractivity contribution in [2.45, 2.75) is 18.9 Å². The zero-order chi connectivity index (χ0) is 16.8. The summed E-state index contributed by atoms with van der Waals surface area (Å²) in [6, 6.07) is 7.39. The Morgan fingerprint density at radius 2 is 2.08 bits per heavy atom. The number of rotatable bonds is 3. The average molecular weight is 321 g/mol. The summed E-state index contributed by atoms with van der Waals surface area (Å²) < 4.78 is 0. The third-order valence-electron chi connectivity index (χ3n) is 3.99. The molecule has 6 heteroatoms. The number of aromatic nitrogens is 2. The molecule has 0 aromatic carbocycles. The Bertz CT molecular complexity index is 715. The van der Waals surface area contributed by atoms with Gasteiger partial charge in [-0.05, 0) is 37.1 Å². The van der Waals surface area contributed by atoms with Crippen molar-refractivity contribution in [2.75, 3.05) is 23.3 Å². The Balaban J connectivity index is 1.48. The molecule has 0 atom stereocenters. The molecule has 1 aliphatic rings. The van der Waals surface area contributed by atoms with Gasteiger partial charge in [0.05, 0.1) is 11.9 Å². The highest BCUT2D eigenvalue weighted by Crippen LogP contribution is 2.18. The van der Waals surface area contributed by atoms with Gasteiger partial charge in [0.2, 0.25) is 0 Å². The lowest BCUT2D eigenvalue weighted by atomic mass is 10.1. The van der Waals surface area contributed by atoms with Crippen LogP contribution in [0, 0.1) is 12.3 Å². The van der Waals surface area contributed by atoms with Crippen LogP contribution < -0.4 is 15.5 Å². The van der Waals surface area contributed by atoms with Crippen molar-refractivity contribution in [3.8, 4) is 12.3 Å². The fourth-order valence-corrected chi connectivity index (χ4v) is 2.70. The first-order valence-electron chi connectivity index (χ1n) is 7.90. The summed E-state index contributed by atoms with van der Waals surface area (Å²) in [5, 5.41) is 5.79. The smallest absolute Gasteiger partial charge is 0.319 e. The van der Waals surface area contributed by atoms with Gasteiger partial charge in [-0.1, -0.05) is 5.92 Å². The molecule has 2 amide bonds. The molecule has 2 aromatic heterocycles. The molecule has 0 saturated carbocycles. The van der Waals surface area contributed by atoms with E-state index in [4.69, 9.17) is 6.42 Å².